The second kappa shape index (κ2) is 5.30. The molecular weight excluding hydrogens is 252 g/mol. The van der Waals surface area contributed by atoms with Crippen LogP contribution in [0.2, 0.25) is 0 Å². The average Bonchev–Trinajstić information content (AvgIpc) is 2.85. The molecule has 0 bridgehead atoms. The van der Waals surface area contributed by atoms with E-state index < -0.39 is 10.9 Å². The SMILES string of the molecule is O=C(O)CCc1cc(-c2ccc([N+](=O)[O-])cc2)no1. The van der Waals surface area contributed by atoms with Gasteiger partial charge in [0.1, 0.15) is 11.5 Å². The molecule has 2 rings (SSSR count). The molecule has 0 spiro atoms. The van der Waals surface area contributed by atoms with E-state index in [4.69, 9.17) is 9.63 Å². The second-order valence-corrected chi connectivity index (χ2v) is 3.88. The van der Waals surface area contributed by atoms with Crippen molar-refractivity contribution in [2.45, 2.75) is 12.8 Å². The number of carboxylic acid groups (broad SMARTS) is 1. The summed E-state index contributed by atoms with van der Waals surface area (Å²) in [6, 6.07) is 7.51. The third kappa shape index (κ3) is 3.15. The van der Waals surface area contributed by atoms with Crippen LogP contribution in [-0.2, 0) is 11.2 Å². The molecule has 0 aliphatic heterocycles. The summed E-state index contributed by atoms with van der Waals surface area (Å²) in [7, 11) is 0. The minimum absolute atomic E-state index is 0.00153. The number of aliphatic carboxylic acids is 1. The van der Waals surface area contributed by atoms with Gasteiger partial charge in [0.05, 0.1) is 11.3 Å². The Bertz CT molecular complexity index is 603. The number of hydrogen-bond donors (Lipinski definition) is 1. The van der Waals surface area contributed by atoms with Gasteiger partial charge in [0.2, 0.25) is 0 Å². The molecule has 1 N–H and O–H groups in total. The third-order valence-electron chi connectivity index (χ3n) is 2.52. The summed E-state index contributed by atoms with van der Waals surface area (Å²) < 4.78 is 5.00. The monoisotopic (exact) mass is 262 g/mol. The lowest BCUT2D eigenvalue weighted by molar-refractivity contribution is -0.384. The summed E-state index contributed by atoms with van der Waals surface area (Å²) in [6.45, 7) is 0. The highest BCUT2D eigenvalue weighted by Crippen LogP contribution is 2.22. The van der Waals surface area contributed by atoms with E-state index in [2.05, 4.69) is 5.16 Å². The van der Waals surface area contributed by atoms with Crippen LogP contribution in [0.1, 0.15) is 12.2 Å². The van der Waals surface area contributed by atoms with E-state index in [0.717, 1.165) is 0 Å². The van der Waals surface area contributed by atoms with Crippen molar-refractivity contribution >= 4 is 11.7 Å². The van der Waals surface area contributed by atoms with E-state index >= 15 is 0 Å². The summed E-state index contributed by atoms with van der Waals surface area (Å²) in [6.07, 6.45) is 0.226. The largest absolute Gasteiger partial charge is 0.481 e. The molecule has 0 aliphatic rings. The van der Waals surface area contributed by atoms with Crippen LogP contribution in [0.5, 0.6) is 0 Å². The van der Waals surface area contributed by atoms with Gasteiger partial charge >= 0.3 is 5.97 Å². The fraction of sp³-hybridized carbons (Fsp3) is 0.167. The molecule has 0 fully saturated rings. The quantitative estimate of drug-likeness (QED) is 0.654. The average molecular weight is 262 g/mol. The maximum atomic E-state index is 10.5. The van der Waals surface area contributed by atoms with E-state index in [-0.39, 0.29) is 18.5 Å². The van der Waals surface area contributed by atoms with Crippen molar-refractivity contribution in [3.05, 3.63) is 46.2 Å². The van der Waals surface area contributed by atoms with Gasteiger partial charge in [0.25, 0.3) is 5.69 Å². The van der Waals surface area contributed by atoms with Gasteiger partial charge in [-0.05, 0) is 12.1 Å². The molecule has 7 heteroatoms. The van der Waals surface area contributed by atoms with Crippen molar-refractivity contribution in [1.82, 2.24) is 5.16 Å². The van der Waals surface area contributed by atoms with Crippen molar-refractivity contribution in [1.29, 1.82) is 0 Å². The van der Waals surface area contributed by atoms with E-state index in [1.165, 1.54) is 12.1 Å². The first-order valence-corrected chi connectivity index (χ1v) is 5.48. The van der Waals surface area contributed by atoms with Crippen LogP contribution in [0.25, 0.3) is 11.3 Å². The zero-order valence-electron chi connectivity index (χ0n) is 9.78. The van der Waals surface area contributed by atoms with Crippen LogP contribution in [0.4, 0.5) is 5.69 Å². The van der Waals surface area contributed by atoms with Gasteiger partial charge in [-0.2, -0.15) is 0 Å². The highest BCUT2D eigenvalue weighted by Gasteiger charge is 2.10. The number of benzene rings is 1. The number of carbonyl (C=O) groups is 1. The molecule has 1 aromatic carbocycles. The Morgan fingerprint density at radius 3 is 2.63 bits per heavy atom. The number of rotatable bonds is 5. The molecule has 1 heterocycles. The van der Waals surface area contributed by atoms with Crippen molar-refractivity contribution in [3.63, 3.8) is 0 Å². The number of aromatic nitrogens is 1. The summed E-state index contributed by atoms with van der Waals surface area (Å²) in [5, 5.41) is 22.9. The highest BCUT2D eigenvalue weighted by atomic mass is 16.6. The first-order valence-electron chi connectivity index (χ1n) is 5.48. The Balaban J connectivity index is 2.13. The lowest BCUT2D eigenvalue weighted by Gasteiger charge is -1.94. The first kappa shape index (κ1) is 12.7. The number of nitro benzene ring substituents is 1. The van der Waals surface area contributed by atoms with Gasteiger partial charge in [-0.15, -0.1) is 0 Å². The van der Waals surface area contributed by atoms with E-state index in [1.807, 2.05) is 0 Å². The molecule has 0 atom stereocenters. The molecule has 7 nitrogen and oxygen atoms in total. The topological polar surface area (TPSA) is 106 Å². The fourth-order valence-electron chi connectivity index (χ4n) is 1.55. The Morgan fingerprint density at radius 1 is 1.37 bits per heavy atom. The van der Waals surface area contributed by atoms with Gasteiger partial charge in [-0.1, -0.05) is 5.16 Å². The highest BCUT2D eigenvalue weighted by molar-refractivity contribution is 5.67. The molecule has 0 amide bonds. The minimum Gasteiger partial charge on any atom is -0.481 e. The van der Waals surface area contributed by atoms with Gasteiger partial charge in [-0.3, -0.25) is 14.9 Å². The number of nitrogens with zero attached hydrogens (tertiary/aromatic N) is 2. The van der Waals surface area contributed by atoms with Crippen LogP contribution >= 0.6 is 0 Å². The molecular formula is C12H10N2O5. The summed E-state index contributed by atoms with van der Waals surface area (Å²) >= 11 is 0. The summed E-state index contributed by atoms with van der Waals surface area (Å²) in [4.78, 5) is 20.5. The number of hydrogen-bond acceptors (Lipinski definition) is 5. The Labute approximate surface area is 107 Å². The van der Waals surface area contributed by atoms with Gasteiger partial charge in [0, 0.05) is 30.2 Å². The Morgan fingerprint density at radius 2 is 2.05 bits per heavy atom. The smallest absolute Gasteiger partial charge is 0.303 e. The van der Waals surface area contributed by atoms with Crippen LogP contribution in [0.3, 0.4) is 0 Å². The van der Waals surface area contributed by atoms with E-state index in [9.17, 15) is 14.9 Å². The third-order valence-corrected chi connectivity index (χ3v) is 2.52. The standard InChI is InChI=1S/C12H10N2O5/c15-12(16)6-5-10-7-11(13-19-10)8-1-3-9(4-2-8)14(17)18/h1-4,7H,5-6H2,(H,15,16). The zero-order valence-corrected chi connectivity index (χ0v) is 9.78. The van der Waals surface area contributed by atoms with Gasteiger partial charge in [-0.25, -0.2) is 0 Å². The maximum Gasteiger partial charge on any atom is 0.303 e. The first-order chi connectivity index (χ1) is 9.06. The Kier molecular flexibility index (Phi) is 3.56. The van der Waals surface area contributed by atoms with Crippen molar-refractivity contribution in [2.24, 2.45) is 0 Å². The fourth-order valence-corrected chi connectivity index (χ4v) is 1.55. The van der Waals surface area contributed by atoms with Crippen molar-refractivity contribution in [2.75, 3.05) is 0 Å². The number of non-ortho nitro benzene ring substituents is 1. The predicted octanol–water partition coefficient (Wildman–Crippen LogP) is 2.27. The normalized spacial score (nSPS) is 10.3. The predicted molar refractivity (Wildman–Crippen MR) is 64.6 cm³/mol. The van der Waals surface area contributed by atoms with Crippen LogP contribution in [0.15, 0.2) is 34.9 Å². The lowest BCUT2D eigenvalue weighted by Crippen LogP contribution is -1.96. The molecule has 0 saturated carbocycles. The molecule has 98 valence electrons. The minimum atomic E-state index is -0.909. The Hall–Kier alpha value is -2.70. The van der Waals surface area contributed by atoms with E-state index in [1.54, 1.807) is 18.2 Å². The molecule has 2 aromatic rings. The molecule has 0 radical (unpaired) electrons. The number of nitro groups is 1. The van der Waals surface area contributed by atoms with Crippen LogP contribution < -0.4 is 0 Å². The maximum absolute atomic E-state index is 10.5. The second-order valence-electron chi connectivity index (χ2n) is 3.88. The van der Waals surface area contributed by atoms with Crippen molar-refractivity contribution < 1.29 is 19.3 Å². The van der Waals surface area contributed by atoms with Crippen molar-refractivity contribution in [3.8, 4) is 11.3 Å². The van der Waals surface area contributed by atoms with Crippen LogP contribution in [-0.4, -0.2) is 21.2 Å². The van der Waals surface area contributed by atoms with Crippen LogP contribution in [0, 0.1) is 10.1 Å². The molecule has 19 heavy (non-hydrogen) atoms. The molecule has 1 aromatic heterocycles. The molecule has 0 saturated heterocycles. The summed E-state index contributed by atoms with van der Waals surface area (Å²) in [5.74, 6) is -0.441. The summed E-state index contributed by atoms with van der Waals surface area (Å²) in [5.41, 5.74) is 1.20. The molecule has 0 unspecified atom stereocenters. The lowest BCUT2D eigenvalue weighted by atomic mass is 10.1. The molecule has 0 aliphatic carbocycles. The van der Waals surface area contributed by atoms with Gasteiger partial charge < -0.3 is 9.63 Å². The van der Waals surface area contributed by atoms with E-state index in [0.29, 0.717) is 17.0 Å². The van der Waals surface area contributed by atoms with Gasteiger partial charge in [0.15, 0.2) is 0 Å². The number of aryl methyl sites for hydroxylation is 1. The number of carboxylic acids is 1. The zero-order chi connectivity index (χ0) is 13.8.